The van der Waals surface area contributed by atoms with Crippen LogP contribution in [0.25, 0.3) is 10.8 Å². The van der Waals surface area contributed by atoms with Gasteiger partial charge in [-0.25, -0.2) is 0 Å². The molecule has 1 aliphatic rings. The second-order valence-electron chi connectivity index (χ2n) is 6.22. The topological polar surface area (TPSA) is 33.2 Å². The van der Waals surface area contributed by atoms with Gasteiger partial charge in [0.1, 0.15) is 0 Å². The van der Waals surface area contributed by atoms with Gasteiger partial charge in [0.15, 0.2) is 5.78 Å². The van der Waals surface area contributed by atoms with E-state index in [0.29, 0.717) is 0 Å². The monoisotopic (exact) mass is 282 g/mol. The van der Waals surface area contributed by atoms with Crippen LogP contribution in [0.2, 0.25) is 0 Å². The lowest BCUT2D eigenvalue weighted by molar-refractivity contribution is 0.0566. The van der Waals surface area contributed by atoms with E-state index in [0.717, 1.165) is 42.0 Å². The fourth-order valence-electron chi connectivity index (χ4n) is 3.58. The molecule has 0 spiro atoms. The second-order valence-corrected chi connectivity index (χ2v) is 6.22. The molecule has 1 fully saturated rings. The lowest BCUT2D eigenvalue weighted by atomic mass is 9.75. The highest BCUT2D eigenvalue weighted by Gasteiger charge is 2.42. The molecule has 0 aliphatic heterocycles. The number of ketones is 1. The Bertz CT molecular complexity index is 652. The van der Waals surface area contributed by atoms with Gasteiger partial charge in [-0.2, -0.15) is 0 Å². The first-order chi connectivity index (χ1) is 10.1. The van der Waals surface area contributed by atoms with E-state index in [1.807, 2.05) is 44.6 Å². The zero-order valence-electron chi connectivity index (χ0n) is 12.8. The number of carbonyl (C=O) groups is 1. The third-order valence-corrected chi connectivity index (χ3v) is 4.89. The third-order valence-electron chi connectivity index (χ3n) is 4.89. The number of carbonyl (C=O) groups excluding carboxylic acids is 1. The zero-order valence-corrected chi connectivity index (χ0v) is 12.8. The van der Waals surface area contributed by atoms with Crippen LogP contribution < -0.4 is 0 Å². The second kappa shape index (κ2) is 5.57. The summed E-state index contributed by atoms with van der Waals surface area (Å²) in [5.41, 5.74) is 0.471. The minimum atomic E-state index is -0.345. The summed E-state index contributed by atoms with van der Waals surface area (Å²) < 4.78 is 0. The molecule has 0 bridgehead atoms. The lowest BCUT2D eigenvalue weighted by Gasteiger charge is -2.41. The zero-order chi connectivity index (χ0) is 14.9. The fraction of sp³-hybridized carbons (Fsp3) is 0.444. The van der Waals surface area contributed by atoms with Crippen molar-refractivity contribution in [2.45, 2.75) is 37.6 Å². The number of hydrogen-bond acceptors (Lipinski definition) is 3. The Morgan fingerprint density at radius 1 is 1.14 bits per heavy atom. The highest BCUT2D eigenvalue weighted by Crippen LogP contribution is 2.36. The number of nitrogens with zero attached hydrogens (tertiary/aromatic N) is 2. The average Bonchev–Trinajstić information content (AvgIpc) is 2.54. The third kappa shape index (κ3) is 2.36. The maximum Gasteiger partial charge on any atom is 0.183 e. The van der Waals surface area contributed by atoms with E-state index < -0.39 is 0 Å². The van der Waals surface area contributed by atoms with Crippen LogP contribution in [0.1, 0.15) is 42.5 Å². The number of pyridine rings is 1. The maximum absolute atomic E-state index is 13.3. The van der Waals surface area contributed by atoms with E-state index in [4.69, 9.17) is 0 Å². The molecule has 0 unspecified atom stereocenters. The number of Topliss-reactive ketones (excluding diaryl/α,β-unsaturated/α-hetero) is 1. The molecular formula is C18H22N2O. The molecule has 0 atom stereocenters. The highest BCUT2D eigenvalue weighted by molar-refractivity contribution is 6.12. The molecule has 0 N–H and O–H groups in total. The van der Waals surface area contributed by atoms with Crippen molar-refractivity contribution in [3.8, 4) is 0 Å². The van der Waals surface area contributed by atoms with Crippen LogP contribution in [0.3, 0.4) is 0 Å². The summed E-state index contributed by atoms with van der Waals surface area (Å²) in [5.74, 6) is 0.255. The van der Waals surface area contributed by atoms with Gasteiger partial charge in [0.25, 0.3) is 0 Å². The highest BCUT2D eigenvalue weighted by atomic mass is 16.1. The number of benzene rings is 1. The van der Waals surface area contributed by atoms with Crippen molar-refractivity contribution in [2.24, 2.45) is 0 Å². The smallest absolute Gasteiger partial charge is 0.183 e. The number of fused-ring (bicyclic) bond motifs is 1. The average molecular weight is 282 g/mol. The molecule has 1 saturated carbocycles. The van der Waals surface area contributed by atoms with Gasteiger partial charge < -0.3 is 0 Å². The Balaban J connectivity index is 2.10. The molecule has 3 nitrogen and oxygen atoms in total. The van der Waals surface area contributed by atoms with Gasteiger partial charge >= 0.3 is 0 Å². The minimum absolute atomic E-state index is 0.255. The minimum Gasteiger partial charge on any atom is -0.297 e. The van der Waals surface area contributed by atoms with Crippen molar-refractivity contribution in [1.29, 1.82) is 0 Å². The van der Waals surface area contributed by atoms with E-state index in [1.54, 1.807) is 6.20 Å². The van der Waals surface area contributed by atoms with Gasteiger partial charge in [0, 0.05) is 23.3 Å². The van der Waals surface area contributed by atoms with Gasteiger partial charge in [-0.05, 0) is 38.4 Å². The van der Waals surface area contributed by atoms with E-state index in [2.05, 4.69) is 9.88 Å². The summed E-state index contributed by atoms with van der Waals surface area (Å²) in [6, 6.07) is 7.93. The van der Waals surface area contributed by atoms with Crippen LogP contribution in [-0.2, 0) is 0 Å². The summed E-state index contributed by atoms with van der Waals surface area (Å²) in [4.78, 5) is 19.6. The van der Waals surface area contributed by atoms with E-state index in [9.17, 15) is 4.79 Å². The van der Waals surface area contributed by atoms with Crippen LogP contribution in [-0.4, -0.2) is 35.3 Å². The van der Waals surface area contributed by atoms with Crippen LogP contribution in [0.15, 0.2) is 36.7 Å². The summed E-state index contributed by atoms with van der Waals surface area (Å²) in [6.45, 7) is 0. The van der Waals surface area contributed by atoms with E-state index in [1.165, 1.54) is 6.42 Å². The molecule has 1 aromatic carbocycles. The molecule has 2 aromatic rings. The first-order valence-corrected chi connectivity index (χ1v) is 7.70. The van der Waals surface area contributed by atoms with Gasteiger partial charge in [-0.3, -0.25) is 14.7 Å². The van der Waals surface area contributed by atoms with Gasteiger partial charge in [-0.15, -0.1) is 0 Å². The summed E-state index contributed by atoms with van der Waals surface area (Å²) in [5, 5.41) is 2.05. The first kappa shape index (κ1) is 14.2. The van der Waals surface area contributed by atoms with Crippen LogP contribution in [0.5, 0.6) is 0 Å². The Morgan fingerprint density at radius 3 is 2.62 bits per heavy atom. The molecule has 0 saturated heterocycles. The van der Waals surface area contributed by atoms with Crippen LogP contribution >= 0.6 is 0 Å². The van der Waals surface area contributed by atoms with Crippen molar-refractivity contribution in [3.05, 3.63) is 42.2 Å². The van der Waals surface area contributed by atoms with Crippen molar-refractivity contribution in [3.63, 3.8) is 0 Å². The predicted octanol–water partition coefficient (Wildman–Crippen LogP) is 3.68. The number of hydrogen-bond donors (Lipinski definition) is 0. The molecule has 1 heterocycles. The van der Waals surface area contributed by atoms with Crippen molar-refractivity contribution >= 4 is 16.6 Å². The standard InChI is InChI=1S/C18H22N2O/c1-20(2)18(10-4-3-5-11-18)17(21)15-8-6-7-14-9-12-19-13-16(14)15/h6-9,12-13H,3-5,10-11H2,1-2H3. The quantitative estimate of drug-likeness (QED) is 0.805. The molecule has 0 radical (unpaired) electrons. The van der Waals surface area contributed by atoms with Gasteiger partial charge in [0.2, 0.25) is 0 Å². The molecule has 110 valence electrons. The van der Waals surface area contributed by atoms with Crippen LogP contribution in [0.4, 0.5) is 0 Å². The summed E-state index contributed by atoms with van der Waals surface area (Å²) in [6.07, 6.45) is 9.00. The number of aromatic nitrogens is 1. The molecule has 21 heavy (non-hydrogen) atoms. The first-order valence-electron chi connectivity index (χ1n) is 7.70. The maximum atomic E-state index is 13.3. The number of rotatable bonds is 3. The van der Waals surface area contributed by atoms with Crippen molar-refractivity contribution in [1.82, 2.24) is 9.88 Å². The van der Waals surface area contributed by atoms with Gasteiger partial charge in [0.05, 0.1) is 5.54 Å². The molecule has 3 heteroatoms. The van der Waals surface area contributed by atoms with E-state index in [-0.39, 0.29) is 11.3 Å². The normalized spacial score (nSPS) is 18.0. The van der Waals surface area contributed by atoms with Crippen molar-refractivity contribution in [2.75, 3.05) is 14.1 Å². The molecular weight excluding hydrogens is 260 g/mol. The molecule has 3 rings (SSSR count). The molecule has 1 aliphatic carbocycles. The van der Waals surface area contributed by atoms with Crippen molar-refractivity contribution < 1.29 is 4.79 Å². The Kier molecular flexibility index (Phi) is 3.77. The van der Waals surface area contributed by atoms with E-state index >= 15 is 0 Å². The Labute approximate surface area is 126 Å². The lowest BCUT2D eigenvalue weighted by Crippen LogP contribution is -2.52. The summed E-state index contributed by atoms with van der Waals surface area (Å²) in [7, 11) is 4.07. The molecule has 0 amide bonds. The Morgan fingerprint density at radius 2 is 1.90 bits per heavy atom. The van der Waals surface area contributed by atoms with Crippen LogP contribution in [0, 0.1) is 0 Å². The fourth-order valence-corrected chi connectivity index (χ4v) is 3.58. The summed E-state index contributed by atoms with van der Waals surface area (Å²) >= 11 is 0. The predicted molar refractivity (Wildman–Crippen MR) is 85.6 cm³/mol. The molecule has 1 aromatic heterocycles. The largest absolute Gasteiger partial charge is 0.297 e. The SMILES string of the molecule is CN(C)C1(C(=O)c2cccc3ccncc23)CCCCC1. The Hall–Kier alpha value is -1.74. The van der Waals surface area contributed by atoms with Gasteiger partial charge in [-0.1, -0.05) is 37.5 Å². The number of likely N-dealkylation sites (N-methyl/N-ethyl adjacent to an activating group) is 1.